The lowest BCUT2D eigenvalue weighted by Gasteiger charge is -2.21. The van der Waals surface area contributed by atoms with Crippen LogP contribution in [0.4, 0.5) is 0 Å². The molecule has 0 bridgehead atoms. The van der Waals surface area contributed by atoms with Crippen LogP contribution in [0.3, 0.4) is 0 Å². The maximum atomic E-state index is 12.4. The second kappa shape index (κ2) is 9.04. The molecule has 0 spiro atoms. The van der Waals surface area contributed by atoms with Crippen LogP contribution >= 0.6 is 0 Å². The molecule has 0 aliphatic carbocycles. The van der Waals surface area contributed by atoms with E-state index in [0.29, 0.717) is 11.7 Å². The van der Waals surface area contributed by atoms with Gasteiger partial charge in [-0.05, 0) is 42.5 Å². The van der Waals surface area contributed by atoms with E-state index < -0.39 is 5.91 Å². The third kappa shape index (κ3) is 5.62. The number of ether oxygens (including phenoxy) is 1. The highest BCUT2D eigenvalue weighted by Crippen LogP contribution is 2.22. The fourth-order valence-corrected chi connectivity index (χ4v) is 2.77. The van der Waals surface area contributed by atoms with E-state index in [-0.39, 0.29) is 24.1 Å². The molecule has 1 unspecified atom stereocenters. The molecule has 0 heterocycles. The van der Waals surface area contributed by atoms with Crippen LogP contribution in [-0.4, -0.2) is 18.4 Å². The number of carbonyl (C=O) groups is 2. The quantitative estimate of drug-likeness (QED) is 0.762. The molecule has 5 nitrogen and oxygen atoms in total. The van der Waals surface area contributed by atoms with Gasteiger partial charge in [0.15, 0.2) is 6.61 Å². The minimum Gasteiger partial charge on any atom is -0.483 e. The first-order chi connectivity index (χ1) is 12.4. The third-order valence-corrected chi connectivity index (χ3v) is 4.01. The smallest absolute Gasteiger partial charge is 0.258 e. The summed E-state index contributed by atoms with van der Waals surface area (Å²) in [4.78, 5) is 23.9. The molecule has 3 N–H and O–H groups in total. The van der Waals surface area contributed by atoms with E-state index in [1.54, 1.807) is 18.2 Å². The number of primary amides is 1. The van der Waals surface area contributed by atoms with Crippen LogP contribution in [0.15, 0.2) is 48.5 Å². The van der Waals surface area contributed by atoms with Gasteiger partial charge in [-0.1, -0.05) is 50.2 Å². The van der Waals surface area contributed by atoms with E-state index in [4.69, 9.17) is 10.5 Å². The summed E-state index contributed by atoms with van der Waals surface area (Å²) >= 11 is 0. The lowest BCUT2D eigenvalue weighted by molar-refractivity contribution is -0.124. The summed E-state index contributed by atoms with van der Waals surface area (Å²) in [6.07, 6.45) is 0.826. The minimum absolute atomic E-state index is 0.0829. The zero-order valence-corrected chi connectivity index (χ0v) is 15.5. The fraction of sp³-hybridized carbons (Fsp3) is 0.333. The number of nitrogens with two attached hydrogens (primary N) is 1. The second-order valence-corrected chi connectivity index (χ2v) is 6.81. The van der Waals surface area contributed by atoms with E-state index in [2.05, 4.69) is 19.2 Å². The standard InChI is InChI=1S/C21H26N2O3/c1-14(2)11-18(16-7-5-4-6-8-16)23-20(24)13-26-19-12-15(3)9-10-17(19)21(22)25/h4-10,12,14,18H,11,13H2,1-3H3,(H2,22,25)(H,23,24). The molecule has 1 atom stereocenters. The largest absolute Gasteiger partial charge is 0.483 e. The Morgan fingerprint density at radius 3 is 2.42 bits per heavy atom. The van der Waals surface area contributed by atoms with Crippen molar-refractivity contribution in [2.75, 3.05) is 6.61 Å². The Bertz CT molecular complexity index is 757. The lowest BCUT2D eigenvalue weighted by atomic mass is 9.97. The summed E-state index contributed by atoms with van der Waals surface area (Å²) in [5.41, 5.74) is 7.61. The van der Waals surface area contributed by atoms with E-state index >= 15 is 0 Å². The molecule has 26 heavy (non-hydrogen) atoms. The first-order valence-electron chi connectivity index (χ1n) is 8.74. The molecule has 2 amide bonds. The summed E-state index contributed by atoms with van der Waals surface area (Å²) in [6.45, 7) is 5.94. The first-order valence-corrected chi connectivity index (χ1v) is 8.74. The molecular formula is C21H26N2O3. The maximum Gasteiger partial charge on any atom is 0.258 e. The van der Waals surface area contributed by atoms with E-state index in [0.717, 1.165) is 17.5 Å². The van der Waals surface area contributed by atoms with Gasteiger partial charge in [0, 0.05) is 0 Å². The van der Waals surface area contributed by atoms with Crippen molar-refractivity contribution in [3.8, 4) is 5.75 Å². The summed E-state index contributed by atoms with van der Waals surface area (Å²) in [7, 11) is 0. The van der Waals surface area contributed by atoms with Gasteiger partial charge in [0.2, 0.25) is 0 Å². The number of nitrogens with one attached hydrogen (secondary N) is 1. The molecule has 0 aromatic heterocycles. The summed E-state index contributed by atoms with van der Waals surface area (Å²) in [5, 5.41) is 3.02. The zero-order chi connectivity index (χ0) is 19.1. The van der Waals surface area contributed by atoms with Crippen molar-refractivity contribution in [3.05, 3.63) is 65.2 Å². The lowest BCUT2D eigenvalue weighted by Crippen LogP contribution is -2.33. The Balaban J connectivity index is 2.05. The van der Waals surface area contributed by atoms with Gasteiger partial charge >= 0.3 is 0 Å². The molecule has 0 aliphatic rings. The molecule has 0 radical (unpaired) electrons. The number of hydrogen-bond donors (Lipinski definition) is 2. The Morgan fingerprint density at radius 1 is 1.12 bits per heavy atom. The number of carbonyl (C=O) groups excluding carboxylic acids is 2. The van der Waals surface area contributed by atoms with E-state index in [1.165, 1.54) is 0 Å². The van der Waals surface area contributed by atoms with Gasteiger partial charge in [-0.2, -0.15) is 0 Å². The predicted octanol–water partition coefficient (Wildman–Crippen LogP) is 3.38. The number of aryl methyl sites for hydroxylation is 1. The number of benzene rings is 2. The van der Waals surface area contributed by atoms with Gasteiger partial charge in [-0.3, -0.25) is 9.59 Å². The highest BCUT2D eigenvalue weighted by Gasteiger charge is 2.17. The molecule has 0 aliphatic heterocycles. The van der Waals surface area contributed by atoms with Gasteiger partial charge in [0.25, 0.3) is 11.8 Å². The summed E-state index contributed by atoms with van der Waals surface area (Å²) in [6, 6.07) is 14.9. The van der Waals surface area contributed by atoms with Crippen molar-refractivity contribution in [1.29, 1.82) is 0 Å². The van der Waals surface area contributed by atoms with Crippen molar-refractivity contribution in [1.82, 2.24) is 5.32 Å². The molecule has 0 saturated carbocycles. The van der Waals surface area contributed by atoms with Crippen molar-refractivity contribution in [3.63, 3.8) is 0 Å². The number of amides is 2. The van der Waals surface area contributed by atoms with Crippen LogP contribution in [0.2, 0.25) is 0 Å². The van der Waals surface area contributed by atoms with E-state index in [9.17, 15) is 9.59 Å². The van der Waals surface area contributed by atoms with Crippen LogP contribution in [0, 0.1) is 12.8 Å². The third-order valence-electron chi connectivity index (χ3n) is 4.01. The molecule has 2 aromatic rings. The van der Waals surface area contributed by atoms with Crippen LogP contribution < -0.4 is 15.8 Å². The van der Waals surface area contributed by atoms with Crippen LogP contribution in [0.1, 0.15) is 47.8 Å². The van der Waals surface area contributed by atoms with Crippen molar-refractivity contribution >= 4 is 11.8 Å². The Morgan fingerprint density at radius 2 is 1.81 bits per heavy atom. The van der Waals surface area contributed by atoms with E-state index in [1.807, 2.05) is 37.3 Å². The monoisotopic (exact) mass is 354 g/mol. The number of hydrogen-bond acceptors (Lipinski definition) is 3. The average molecular weight is 354 g/mol. The fourth-order valence-electron chi connectivity index (χ4n) is 2.77. The summed E-state index contributed by atoms with van der Waals surface area (Å²) in [5.74, 6) is -0.0637. The highest BCUT2D eigenvalue weighted by molar-refractivity contribution is 5.95. The zero-order valence-electron chi connectivity index (χ0n) is 15.5. The normalized spacial score (nSPS) is 11.8. The molecule has 0 saturated heterocycles. The SMILES string of the molecule is Cc1ccc(C(N)=O)c(OCC(=O)NC(CC(C)C)c2ccccc2)c1. The van der Waals surface area contributed by atoms with Gasteiger partial charge in [0.05, 0.1) is 11.6 Å². The van der Waals surface area contributed by atoms with Crippen molar-refractivity contribution in [2.45, 2.75) is 33.2 Å². The maximum absolute atomic E-state index is 12.4. The molecule has 138 valence electrons. The highest BCUT2D eigenvalue weighted by atomic mass is 16.5. The second-order valence-electron chi connectivity index (χ2n) is 6.81. The topological polar surface area (TPSA) is 81.4 Å². The molecule has 2 rings (SSSR count). The molecule has 5 heteroatoms. The molecule has 0 fully saturated rings. The first kappa shape index (κ1) is 19.5. The number of rotatable bonds is 8. The van der Waals surface area contributed by atoms with Crippen LogP contribution in [0.5, 0.6) is 5.75 Å². The Hall–Kier alpha value is -2.82. The molecule has 2 aromatic carbocycles. The van der Waals surface area contributed by atoms with Crippen molar-refractivity contribution < 1.29 is 14.3 Å². The molecular weight excluding hydrogens is 328 g/mol. The summed E-state index contributed by atoms with van der Waals surface area (Å²) < 4.78 is 5.57. The van der Waals surface area contributed by atoms with Gasteiger partial charge in [-0.15, -0.1) is 0 Å². The Kier molecular flexibility index (Phi) is 6.78. The minimum atomic E-state index is -0.581. The van der Waals surface area contributed by atoms with Gasteiger partial charge in [-0.25, -0.2) is 0 Å². The Labute approximate surface area is 154 Å². The predicted molar refractivity (Wildman–Crippen MR) is 102 cm³/mol. The van der Waals surface area contributed by atoms with Gasteiger partial charge in [0.1, 0.15) is 5.75 Å². The average Bonchev–Trinajstić information content (AvgIpc) is 2.59. The van der Waals surface area contributed by atoms with Gasteiger partial charge < -0.3 is 15.8 Å². The van der Waals surface area contributed by atoms with Crippen LogP contribution in [-0.2, 0) is 4.79 Å². The van der Waals surface area contributed by atoms with Crippen LogP contribution in [0.25, 0.3) is 0 Å². The van der Waals surface area contributed by atoms with Crippen molar-refractivity contribution in [2.24, 2.45) is 11.7 Å².